The molecule has 0 N–H and O–H groups in total. The van der Waals surface area contributed by atoms with Crippen LogP contribution in [0.2, 0.25) is 0 Å². The molecule has 14 heavy (non-hydrogen) atoms. The van der Waals surface area contributed by atoms with Crippen LogP contribution in [0.15, 0.2) is 11.3 Å². The van der Waals surface area contributed by atoms with Crippen molar-refractivity contribution in [2.75, 3.05) is 0 Å². The molecule has 0 aromatic carbocycles. The Morgan fingerprint density at radius 1 is 1.07 bits per heavy atom. The zero-order chi connectivity index (χ0) is 10.6. The smallest absolute Gasteiger partial charge is 0.315 e. The number of hydrogen-bond acceptors (Lipinski definition) is 2. The van der Waals surface area contributed by atoms with Gasteiger partial charge in [0.25, 0.3) is 0 Å². The summed E-state index contributed by atoms with van der Waals surface area (Å²) in [4.78, 5) is 11.3. The van der Waals surface area contributed by atoms with Gasteiger partial charge in [-0.2, -0.15) is 0 Å². The van der Waals surface area contributed by atoms with Gasteiger partial charge in [-0.3, -0.25) is 4.79 Å². The Labute approximate surface area is 85.3 Å². The van der Waals surface area contributed by atoms with Crippen LogP contribution < -0.4 is 0 Å². The van der Waals surface area contributed by atoms with E-state index >= 15 is 0 Å². The number of rotatable bonds is 0. The average Bonchev–Trinajstić information content (AvgIpc) is 2.44. The van der Waals surface area contributed by atoms with E-state index in [0.29, 0.717) is 6.42 Å². The van der Waals surface area contributed by atoms with Crippen LogP contribution in [-0.2, 0) is 9.53 Å². The monoisotopic (exact) mass is 194 g/mol. The molecule has 2 aliphatic rings. The second kappa shape index (κ2) is 2.62. The standard InChI is InChI=1S/C12H18O2/c1-11(2)5-6-12(3,4)10-8(11)7-9(13)14-10/h5-7H2,1-4H3. The van der Waals surface area contributed by atoms with E-state index in [2.05, 4.69) is 27.7 Å². The maximum absolute atomic E-state index is 11.3. The minimum absolute atomic E-state index is 0.0526. The summed E-state index contributed by atoms with van der Waals surface area (Å²) < 4.78 is 5.36. The van der Waals surface area contributed by atoms with Crippen LogP contribution in [0.25, 0.3) is 0 Å². The lowest BCUT2D eigenvalue weighted by Crippen LogP contribution is -2.29. The fourth-order valence-electron chi connectivity index (χ4n) is 2.42. The molecule has 0 aromatic rings. The first-order valence-electron chi connectivity index (χ1n) is 5.28. The van der Waals surface area contributed by atoms with Crippen molar-refractivity contribution < 1.29 is 9.53 Å². The molecule has 1 heterocycles. The Bertz CT molecular complexity index is 291. The maximum Gasteiger partial charge on any atom is 0.315 e. The average molecular weight is 194 g/mol. The van der Waals surface area contributed by atoms with E-state index in [-0.39, 0.29) is 16.8 Å². The first-order valence-corrected chi connectivity index (χ1v) is 5.28. The zero-order valence-corrected chi connectivity index (χ0v) is 9.44. The number of carbonyl (C=O) groups is 1. The summed E-state index contributed by atoms with van der Waals surface area (Å²) in [5, 5.41) is 0. The van der Waals surface area contributed by atoms with E-state index in [9.17, 15) is 4.79 Å². The quantitative estimate of drug-likeness (QED) is 0.554. The Balaban J connectivity index is 2.47. The lowest BCUT2D eigenvalue weighted by Gasteiger charge is -2.38. The van der Waals surface area contributed by atoms with E-state index in [1.165, 1.54) is 5.57 Å². The summed E-state index contributed by atoms with van der Waals surface area (Å²) in [6.07, 6.45) is 2.76. The number of esters is 1. The predicted molar refractivity (Wildman–Crippen MR) is 54.5 cm³/mol. The van der Waals surface area contributed by atoms with Gasteiger partial charge >= 0.3 is 5.97 Å². The maximum atomic E-state index is 11.3. The van der Waals surface area contributed by atoms with Gasteiger partial charge in [0.1, 0.15) is 5.76 Å². The lowest BCUT2D eigenvalue weighted by atomic mass is 9.66. The van der Waals surface area contributed by atoms with E-state index < -0.39 is 0 Å². The van der Waals surface area contributed by atoms with Crippen LogP contribution in [0.4, 0.5) is 0 Å². The molecule has 2 heteroatoms. The number of carbonyl (C=O) groups excluding carboxylic acids is 1. The largest absolute Gasteiger partial charge is 0.430 e. The molecule has 0 saturated heterocycles. The SMILES string of the molecule is CC1(C)CCC(C)(C)C2=C1CC(=O)O2. The number of allylic oxidation sites excluding steroid dienone is 1. The van der Waals surface area contributed by atoms with E-state index in [0.717, 1.165) is 18.6 Å². The van der Waals surface area contributed by atoms with Crippen LogP contribution in [0.1, 0.15) is 47.0 Å². The highest BCUT2D eigenvalue weighted by atomic mass is 16.5. The Morgan fingerprint density at radius 2 is 1.64 bits per heavy atom. The molecular formula is C12H18O2. The van der Waals surface area contributed by atoms with Gasteiger partial charge in [0.15, 0.2) is 0 Å². The fraction of sp³-hybridized carbons (Fsp3) is 0.750. The van der Waals surface area contributed by atoms with Gasteiger partial charge in [0, 0.05) is 5.41 Å². The van der Waals surface area contributed by atoms with Crippen molar-refractivity contribution in [2.24, 2.45) is 10.8 Å². The summed E-state index contributed by atoms with van der Waals surface area (Å²) in [6.45, 7) is 8.74. The molecule has 0 aromatic heterocycles. The van der Waals surface area contributed by atoms with Crippen LogP contribution >= 0.6 is 0 Å². The van der Waals surface area contributed by atoms with Crippen molar-refractivity contribution in [1.82, 2.24) is 0 Å². The van der Waals surface area contributed by atoms with Gasteiger partial charge in [-0.25, -0.2) is 0 Å². The summed E-state index contributed by atoms with van der Waals surface area (Å²) in [7, 11) is 0. The minimum Gasteiger partial charge on any atom is -0.430 e. The number of ether oxygens (including phenoxy) is 1. The van der Waals surface area contributed by atoms with Crippen LogP contribution in [0.5, 0.6) is 0 Å². The number of hydrogen-bond donors (Lipinski definition) is 0. The first-order chi connectivity index (χ1) is 6.33. The molecule has 0 atom stereocenters. The molecule has 2 rings (SSSR count). The Hall–Kier alpha value is -0.790. The predicted octanol–water partition coefficient (Wildman–Crippen LogP) is 3.03. The normalized spacial score (nSPS) is 28.7. The molecule has 0 spiro atoms. The van der Waals surface area contributed by atoms with Crippen LogP contribution in [0.3, 0.4) is 0 Å². The van der Waals surface area contributed by atoms with E-state index in [1.807, 2.05) is 0 Å². The second-order valence-corrected chi connectivity index (χ2v) is 5.73. The molecule has 0 bridgehead atoms. The lowest BCUT2D eigenvalue weighted by molar-refractivity contribution is -0.137. The molecular weight excluding hydrogens is 176 g/mol. The van der Waals surface area contributed by atoms with E-state index in [4.69, 9.17) is 4.74 Å². The summed E-state index contributed by atoms with van der Waals surface area (Å²) in [5.41, 5.74) is 1.44. The third-order valence-electron chi connectivity index (χ3n) is 3.62. The third-order valence-corrected chi connectivity index (χ3v) is 3.62. The van der Waals surface area contributed by atoms with Crippen LogP contribution in [0, 0.1) is 10.8 Å². The molecule has 1 aliphatic heterocycles. The van der Waals surface area contributed by atoms with Gasteiger partial charge in [0.2, 0.25) is 0 Å². The Kier molecular flexibility index (Phi) is 1.82. The van der Waals surface area contributed by atoms with Gasteiger partial charge in [-0.1, -0.05) is 27.7 Å². The van der Waals surface area contributed by atoms with Gasteiger partial charge in [-0.05, 0) is 23.8 Å². The summed E-state index contributed by atoms with van der Waals surface area (Å²) in [5.74, 6) is 0.886. The van der Waals surface area contributed by atoms with Crippen LogP contribution in [-0.4, -0.2) is 5.97 Å². The van der Waals surface area contributed by atoms with Crippen molar-refractivity contribution in [1.29, 1.82) is 0 Å². The van der Waals surface area contributed by atoms with Gasteiger partial charge < -0.3 is 4.74 Å². The molecule has 0 fully saturated rings. The Morgan fingerprint density at radius 3 is 2.21 bits per heavy atom. The fourth-order valence-corrected chi connectivity index (χ4v) is 2.42. The topological polar surface area (TPSA) is 26.3 Å². The third kappa shape index (κ3) is 1.28. The van der Waals surface area contributed by atoms with Crippen molar-refractivity contribution in [3.8, 4) is 0 Å². The highest BCUT2D eigenvalue weighted by molar-refractivity contribution is 5.78. The summed E-state index contributed by atoms with van der Waals surface area (Å²) >= 11 is 0. The van der Waals surface area contributed by atoms with Gasteiger partial charge in [0.05, 0.1) is 6.42 Å². The van der Waals surface area contributed by atoms with Crippen molar-refractivity contribution in [3.63, 3.8) is 0 Å². The molecule has 2 nitrogen and oxygen atoms in total. The molecule has 0 amide bonds. The molecule has 0 radical (unpaired) electrons. The highest BCUT2D eigenvalue weighted by Gasteiger charge is 2.45. The van der Waals surface area contributed by atoms with E-state index in [1.54, 1.807) is 0 Å². The van der Waals surface area contributed by atoms with Crippen molar-refractivity contribution in [2.45, 2.75) is 47.0 Å². The van der Waals surface area contributed by atoms with Crippen molar-refractivity contribution in [3.05, 3.63) is 11.3 Å². The summed E-state index contributed by atoms with van der Waals surface area (Å²) in [6, 6.07) is 0. The minimum atomic E-state index is -0.0712. The first kappa shape index (κ1) is 9.75. The molecule has 1 aliphatic carbocycles. The molecule has 78 valence electrons. The second-order valence-electron chi connectivity index (χ2n) is 5.73. The zero-order valence-electron chi connectivity index (χ0n) is 9.44. The molecule has 0 saturated carbocycles. The molecule has 0 unspecified atom stereocenters. The highest BCUT2D eigenvalue weighted by Crippen LogP contribution is 2.52. The van der Waals surface area contributed by atoms with Gasteiger partial charge in [-0.15, -0.1) is 0 Å². The van der Waals surface area contributed by atoms with Crippen molar-refractivity contribution >= 4 is 5.97 Å².